The molecule has 0 radical (unpaired) electrons. The summed E-state index contributed by atoms with van der Waals surface area (Å²) in [6.07, 6.45) is 3.13. The average Bonchev–Trinajstić information content (AvgIpc) is 3.20. The molecule has 3 unspecified atom stereocenters. The summed E-state index contributed by atoms with van der Waals surface area (Å²) in [5.74, 6) is 0.0979. The lowest BCUT2D eigenvalue weighted by Gasteiger charge is -2.27. The lowest BCUT2D eigenvalue weighted by atomic mass is 10.1. The van der Waals surface area contributed by atoms with Gasteiger partial charge in [0.15, 0.2) is 0 Å². The third-order valence-corrected chi connectivity index (χ3v) is 9.51. The normalized spacial score (nSPS) is 20.3. The number of hydrogen-bond acceptors (Lipinski definition) is 6. The Morgan fingerprint density at radius 3 is 2.38 bits per heavy atom. The first kappa shape index (κ1) is 27.2. The minimum Gasteiger partial charge on any atom is -0.381 e. The molecular formula is C24H34IN3O4S2. The molecule has 1 aliphatic rings. The number of hydrogen-bond donors (Lipinski definition) is 2. The van der Waals surface area contributed by atoms with Crippen LogP contribution in [0, 0.1) is 10.7 Å². The topological polar surface area (TPSA) is 99.6 Å². The summed E-state index contributed by atoms with van der Waals surface area (Å²) in [6.45, 7) is 7.51. The molecule has 3 atom stereocenters. The van der Waals surface area contributed by atoms with Gasteiger partial charge in [-0.25, -0.2) is 17.4 Å². The minimum atomic E-state index is -3.94. The molecule has 188 valence electrons. The van der Waals surface area contributed by atoms with Gasteiger partial charge in [-0.2, -0.15) is 0 Å². The van der Waals surface area contributed by atoms with Gasteiger partial charge < -0.3 is 10.1 Å². The zero-order valence-corrected chi connectivity index (χ0v) is 23.9. The fourth-order valence-corrected chi connectivity index (χ4v) is 7.27. The first-order valence-corrected chi connectivity index (χ1v) is 16.1. The highest BCUT2D eigenvalue weighted by Gasteiger charge is 2.28. The number of rotatable bonds is 10. The third-order valence-electron chi connectivity index (χ3n) is 5.68. The third kappa shape index (κ3) is 6.64. The lowest BCUT2D eigenvalue weighted by Crippen LogP contribution is -2.34. The van der Waals surface area contributed by atoms with E-state index in [1.807, 2.05) is 38.1 Å². The number of nitrogens with zero attached hydrogens (tertiary/aromatic N) is 1. The molecule has 1 heterocycles. The molecule has 0 aromatic heterocycles. The van der Waals surface area contributed by atoms with E-state index in [0.29, 0.717) is 35.0 Å². The Labute approximate surface area is 217 Å². The van der Waals surface area contributed by atoms with Gasteiger partial charge in [-0.3, -0.25) is 4.31 Å². The van der Waals surface area contributed by atoms with Crippen molar-refractivity contribution in [3.8, 4) is 0 Å². The van der Waals surface area contributed by atoms with Gasteiger partial charge in [0.05, 0.1) is 43.6 Å². The first-order chi connectivity index (χ1) is 15.9. The van der Waals surface area contributed by atoms with E-state index < -0.39 is 19.8 Å². The predicted molar refractivity (Wildman–Crippen MR) is 147 cm³/mol. The quantitative estimate of drug-likeness (QED) is 0.284. The standard InChI is InChI=1S/C24H34IN3O4S2/c1-5-18-6-8-20(9-7-18)28(15-17(2)3)34(30,31)22-10-11-23(24(13-22)33(4,26)29)27-14-21-12-19(25)16-32-21/h6-11,13,17,19,21,26-27H,5,12,14-16H2,1-4H3. The van der Waals surface area contributed by atoms with Crippen LogP contribution in [0.1, 0.15) is 32.8 Å². The number of benzene rings is 2. The molecule has 1 fully saturated rings. The van der Waals surface area contributed by atoms with Crippen LogP contribution in [0.15, 0.2) is 52.3 Å². The number of ether oxygens (including phenoxy) is 1. The highest BCUT2D eigenvalue weighted by atomic mass is 127. The van der Waals surface area contributed by atoms with Crippen molar-refractivity contribution < 1.29 is 17.4 Å². The maximum atomic E-state index is 13.7. The average molecular weight is 620 g/mol. The number of aryl methyl sites for hydroxylation is 1. The lowest BCUT2D eigenvalue weighted by molar-refractivity contribution is 0.121. The van der Waals surface area contributed by atoms with Gasteiger partial charge >= 0.3 is 0 Å². The Morgan fingerprint density at radius 1 is 1.18 bits per heavy atom. The van der Waals surface area contributed by atoms with Crippen LogP contribution in [0.5, 0.6) is 0 Å². The van der Waals surface area contributed by atoms with Crippen molar-refractivity contribution in [2.45, 2.75) is 53.4 Å². The zero-order valence-electron chi connectivity index (χ0n) is 20.1. The second-order valence-electron chi connectivity index (χ2n) is 9.12. The summed E-state index contributed by atoms with van der Waals surface area (Å²) in [7, 11) is -7.12. The molecule has 34 heavy (non-hydrogen) atoms. The molecule has 1 aliphatic heterocycles. The van der Waals surface area contributed by atoms with E-state index in [9.17, 15) is 12.6 Å². The minimum absolute atomic E-state index is 0.0273. The van der Waals surface area contributed by atoms with E-state index in [-0.39, 0.29) is 21.8 Å². The SMILES string of the molecule is CCc1ccc(N(CC(C)C)S(=O)(=O)c2ccc(NCC3CC(I)CO3)c(S(C)(=N)=O)c2)cc1. The van der Waals surface area contributed by atoms with Crippen LogP contribution < -0.4 is 9.62 Å². The van der Waals surface area contributed by atoms with Crippen LogP contribution in [0.4, 0.5) is 11.4 Å². The molecule has 0 aliphatic carbocycles. The summed E-state index contributed by atoms with van der Waals surface area (Å²) in [5.41, 5.74) is 2.22. The van der Waals surface area contributed by atoms with Crippen LogP contribution in [0.2, 0.25) is 0 Å². The number of nitrogens with one attached hydrogen (secondary N) is 2. The maximum absolute atomic E-state index is 13.7. The van der Waals surface area contributed by atoms with Crippen LogP contribution in [0.3, 0.4) is 0 Å². The van der Waals surface area contributed by atoms with Gasteiger partial charge in [-0.05, 0) is 54.7 Å². The van der Waals surface area contributed by atoms with Crippen LogP contribution in [0.25, 0.3) is 0 Å². The van der Waals surface area contributed by atoms with E-state index in [1.54, 1.807) is 6.07 Å². The fourth-order valence-electron chi connectivity index (χ4n) is 3.86. The first-order valence-electron chi connectivity index (χ1n) is 11.4. The van der Waals surface area contributed by atoms with Crippen LogP contribution in [-0.4, -0.2) is 48.6 Å². The largest absolute Gasteiger partial charge is 0.381 e. The van der Waals surface area contributed by atoms with E-state index in [0.717, 1.165) is 18.4 Å². The second kappa shape index (κ2) is 11.1. The maximum Gasteiger partial charge on any atom is 0.264 e. The molecule has 0 spiro atoms. The molecule has 3 rings (SSSR count). The van der Waals surface area contributed by atoms with Gasteiger partial charge in [0.2, 0.25) is 0 Å². The molecular weight excluding hydrogens is 585 g/mol. The highest BCUT2D eigenvalue weighted by molar-refractivity contribution is 14.1. The summed E-state index contributed by atoms with van der Waals surface area (Å²) in [6, 6.07) is 12.0. The smallest absolute Gasteiger partial charge is 0.264 e. The highest BCUT2D eigenvalue weighted by Crippen LogP contribution is 2.31. The number of anilines is 2. The Hall–Kier alpha value is -1.37. The molecule has 0 saturated carbocycles. The fraction of sp³-hybridized carbons (Fsp3) is 0.500. The van der Waals surface area contributed by atoms with E-state index in [1.165, 1.54) is 22.7 Å². The molecule has 2 aromatic carbocycles. The predicted octanol–water partition coefficient (Wildman–Crippen LogP) is 5.14. The zero-order chi connectivity index (χ0) is 25.1. The molecule has 2 aromatic rings. The van der Waals surface area contributed by atoms with Crippen molar-refractivity contribution >= 4 is 53.7 Å². The molecule has 10 heteroatoms. The molecule has 1 saturated heterocycles. The van der Waals surface area contributed by atoms with Crippen molar-refractivity contribution in [2.24, 2.45) is 5.92 Å². The van der Waals surface area contributed by atoms with Crippen molar-refractivity contribution in [3.63, 3.8) is 0 Å². The van der Waals surface area contributed by atoms with Gasteiger partial charge in [0.25, 0.3) is 10.0 Å². The second-order valence-corrected chi connectivity index (χ2v) is 14.9. The Kier molecular flexibility index (Phi) is 8.91. The van der Waals surface area contributed by atoms with Gasteiger partial charge in [-0.15, -0.1) is 0 Å². The number of alkyl halides is 1. The van der Waals surface area contributed by atoms with Crippen LogP contribution >= 0.6 is 22.6 Å². The van der Waals surface area contributed by atoms with E-state index in [2.05, 4.69) is 34.8 Å². The summed E-state index contributed by atoms with van der Waals surface area (Å²) in [5, 5.41) is 3.23. The Morgan fingerprint density at radius 2 is 1.85 bits per heavy atom. The van der Waals surface area contributed by atoms with Crippen molar-refractivity contribution in [1.29, 1.82) is 4.78 Å². The Balaban J connectivity index is 1.97. The monoisotopic (exact) mass is 619 g/mol. The van der Waals surface area contributed by atoms with Gasteiger partial charge in [-0.1, -0.05) is 55.5 Å². The summed E-state index contributed by atoms with van der Waals surface area (Å²) < 4.78 is 56.1. The number of halogens is 1. The molecule has 0 amide bonds. The molecule has 0 bridgehead atoms. The summed E-state index contributed by atoms with van der Waals surface area (Å²) in [4.78, 5) is 0.211. The van der Waals surface area contributed by atoms with Gasteiger partial charge in [0.1, 0.15) is 0 Å². The van der Waals surface area contributed by atoms with Gasteiger partial charge in [0, 0.05) is 23.3 Å². The van der Waals surface area contributed by atoms with Crippen molar-refractivity contribution in [3.05, 3.63) is 48.0 Å². The molecule has 2 N–H and O–H groups in total. The molecule has 7 nitrogen and oxygen atoms in total. The number of sulfonamides is 1. The van der Waals surface area contributed by atoms with Crippen molar-refractivity contribution in [1.82, 2.24) is 0 Å². The van der Waals surface area contributed by atoms with E-state index in [4.69, 9.17) is 9.52 Å². The van der Waals surface area contributed by atoms with Crippen LogP contribution in [-0.2, 0) is 30.9 Å². The summed E-state index contributed by atoms with van der Waals surface area (Å²) >= 11 is 2.36. The van der Waals surface area contributed by atoms with Crippen molar-refractivity contribution in [2.75, 3.05) is 35.6 Å². The Bertz CT molecular complexity index is 1200. The van der Waals surface area contributed by atoms with E-state index >= 15 is 0 Å².